The molecule has 0 aliphatic rings. The van der Waals surface area contributed by atoms with Gasteiger partial charge in [0, 0.05) is 6.61 Å². The molecule has 2 nitrogen and oxygen atoms in total. The van der Waals surface area contributed by atoms with E-state index in [0.717, 1.165) is 13.0 Å². The van der Waals surface area contributed by atoms with Crippen LogP contribution in [0.4, 0.5) is 0 Å². The van der Waals surface area contributed by atoms with E-state index in [1.54, 1.807) is 6.26 Å². The van der Waals surface area contributed by atoms with Crippen LogP contribution in [0, 0.1) is 0 Å². The Morgan fingerprint density at radius 1 is 1.27 bits per heavy atom. The Kier molecular flexibility index (Phi) is 7.26. The van der Waals surface area contributed by atoms with Crippen molar-refractivity contribution >= 4 is 0 Å². The highest BCUT2D eigenvalue weighted by Crippen LogP contribution is 1.97. The molecule has 0 rings (SSSR count). The first-order valence-electron chi connectivity index (χ1n) is 4.16. The van der Waals surface area contributed by atoms with Gasteiger partial charge in [0.1, 0.15) is 6.61 Å². The molecule has 0 spiro atoms. The molecule has 0 amide bonds. The van der Waals surface area contributed by atoms with Gasteiger partial charge in [-0.3, -0.25) is 0 Å². The largest absolute Gasteiger partial charge is 0.499 e. The molecule has 0 aliphatic carbocycles. The standard InChI is InChI=1S/C9H18O2/c1-4-9(3)8-11-7-6-10-5-2/h8H,4-7H2,1-3H3/b9-8+. The maximum atomic E-state index is 5.20. The second-order valence-corrected chi connectivity index (χ2v) is 2.39. The Balaban J connectivity index is 3.12. The Hall–Kier alpha value is -0.500. The lowest BCUT2D eigenvalue weighted by Crippen LogP contribution is -2.00. The minimum Gasteiger partial charge on any atom is -0.499 e. The lowest BCUT2D eigenvalue weighted by molar-refractivity contribution is 0.0925. The molecule has 0 heterocycles. The molecular weight excluding hydrogens is 140 g/mol. The zero-order valence-corrected chi connectivity index (χ0v) is 7.72. The number of hydrogen-bond donors (Lipinski definition) is 0. The first-order chi connectivity index (χ1) is 5.31. The summed E-state index contributed by atoms with van der Waals surface area (Å²) in [6.07, 6.45) is 2.85. The molecule has 0 atom stereocenters. The van der Waals surface area contributed by atoms with Gasteiger partial charge >= 0.3 is 0 Å². The molecule has 0 unspecified atom stereocenters. The van der Waals surface area contributed by atoms with Crippen molar-refractivity contribution < 1.29 is 9.47 Å². The van der Waals surface area contributed by atoms with Crippen LogP contribution in [0.25, 0.3) is 0 Å². The molecule has 0 aromatic heterocycles. The normalized spacial score (nSPS) is 11.7. The number of allylic oxidation sites excluding steroid dienone is 1. The van der Waals surface area contributed by atoms with E-state index in [1.807, 2.05) is 6.92 Å². The van der Waals surface area contributed by atoms with Gasteiger partial charge in [-0.15, -0.1) is 0 Å². The molecule has 0 aliphatic heterocycles. The van der Waals surface area contributed by atoms with Crippen molar-refractivity contribution in [3.8, 4) is 0 Å². The van der Waals surface area contributed by atoms with Gasteiger partial charge in [0.05, 0.1) is 12.9 Å². The van der Waals surface area contributed by atoms with E-state index >= 15 is 0 Å². The van der Waals surface area contributed by atoms with E-state index in [4.69, 9.17) is 9.47 Å². The molecule has 2 heteroatoms. The smallest absolute Gasteiger partial charge is 0.111 e. The molecule has 0 aromatic carbocycles. The molecule has 11 heavy (non-hydrogen) atoms. The Bertz CT molecular complexity index is 108. The topological polar surface area (TPSA) is 18.5 Å². The van der Waals surface area contributed by atoms with Crippen LogP contribution in [0.5, 0.6) is 0 Å². The van der Waals surface area contributed by atoms with E-state index in [-0.39, 0.29) is 0 Å². The van der Waals surface area contributed by atoms with Gasteiger partial charge in [0.15, 0.2) is 0 Å². The van der Waals surface area contributed by atoms with Crippen molar-refractivity contribution in [2.24, 2.45) is 0 Å². The highest BCUT2D eigenvalue weighted by atomic mass is 16.5. The highest BCUT2D eigenvalue weighted by Gasteiger charge is 1.85. The average molecular weight is 158 g/mol. The van der Waals surface area contributed by atoms with Crippen molar-refractivity contribution in [1.29, 1.82) is 0 Å². The quantitative estimate of drug-likeness (QED) is 0.436. The summed E-state index contributed by atoms with van der Waals surface area (Å²) in [6, 6.07) is 0. The third-order valence-electron chi connectivity index (χ3n) is 1.39. The first-order valence-corrected chi connectivity index (χ1v) is 4.16. The summed E-state index contributed by atoms with van der Waals surface area (Å²) in [6.45, 7) is 8.25. The van der Waals surface area contributed by atoms with Gasteiger partial charge in [0.2, 0.25) is 0 Å². The molecule has 0 saturated heterocycles. The number of rotatable bonds is 6. The minimum atomic E-state index is 0.658. The van der Waals surface area contributed by atoms with Gasteiger partial charge in [-0.2, -0.15) is 0 Å². The fraction of sp³-hybridized carbons (Fsp3) is 0.778. The molecule has 0 N–H and O–H groups in total. The summed E-state index contributed by atoms with van der Waals surface area (Å²) in [7, 11) is 0. The average Bonchev–Trinajstić information content (AvgIpc) is 2.04. The predicted octanol–water partition coefficient (Wildman–Crippen LogP) is 2.35. The number of hydrogen-bond acceptors (Lipinski definition) is 2. The maximum Gasteiger partial charge on any atom is 0.111 e. The molecule has 0 aromatic rings. The van der Waals surface area contributed by atoms with Crippen LogP contribution in [0.15, 0.2) is 11.8 Å². The molecule has 66 valence electrons. The molecule has 0 radical (unpaired) electrons. The number of ether oxygens (including phenoxy) is 2. The van der Waals surface area contributed by atoms with Gasteiger partial charge < -0.3 is 9.47 Å². The van der Waals surface area contributed by atoms with Crippen LogP contribution < -0.4 is 0 Å². The zero-order valence-electron chi connectivity index (χ0n) is 7.72. The zero-order chi connectivity index (χ0) is 8.53. The van der Waals surface area contributed by atoms with Gasteiger partial charge in [-0.25, -0.2) is 0 Å². The highest BCUT2D eigenvalue weighted by molar-refractivity contribution is 4.90. The fourth-order valence-corrected chi connectivity index (χ4v) is 0.536. The fourth-order valence-electron chi connectivity index (χ4n) is 0.536. The van der Waals surface area contributed by atoms with Crippen LogP contribution in [0.3, 0.4) is 0 Å². The van der Waals surface area contributed by atoms with Crippen LogP contribution in [0.2, 0.25) is 0 Å². The lowest BCUT2D eigenvalue weighted by Gasteiger charge is -2.01. The summed E-state index contributed by atoms with van der Waals surface area (Å²) in [5.74, 6) is 0. The van der Waals surface area contributed by atoms with E-state index in [0.29, 0.717) is 13.2 Å². The Labute approximate surface area is 69.2 Å². The maximum absolute atomic E-state index is 5.20. The van der Waals surface area contributed by atoms with E-state index < -0.39 is 0 Å². The monoisotopic (exact) mass is 158 g/mol. The SMILES string of the molecule is CCOCCO/C=C(\C)CC. The van der Waals surface area contributed by atoms with E-state index in [9.17, 15) is 0 Å². The molecule has 0 fully saturated rings. The molecular formula is C9H18O2. The molecule has 0 bridgehead atoms. The van der Waals surface area contributed by atoms with Crippen molar-refractivity contribution in [3.63, 3.8) is 0 Å². The summed E-state index contributed by atoms with van der Waals surface area (Å²) in [4.78, 5) is 0. The van der Waals surface area contributed by atoms with Crippen LogP contribution >= 0.6 is 0 Å². The molecule has 0 saturated carbocycles. The lowest BCUT2D eigenvalue weighted by atomic mass is 10.3. The predicted molar refractivity (Wildman–Crippen MR) is 46.5 cm³/mol. The second kappa shape index (κ2) is 7.61. The van der Waals surface area contributed by atoms with Gasteiger partial charge in [0.25, 0.3) is 0 Å². The third kappa shape index (κ3) is 7.40. The van der Waals surface area contributed by atoms with E-state index in [2.05, 4.69) is 13.8 Å². The summed E-state index contributed by atoms with van der Waals surface area (Å²) < 4.78 is 10.3. The summed E-state index contributed by atoms with van der Waals surface area (Å²) >= 11 is 0. The van der Waals surface area contributed by atoms with Crippen molar-refractivity contribution in [3.05, 3.63) is 11.8 Å². The van der Waals surface area contributed by atoms with Crippen LogP contribution in [0.1, 0.15) is 27.2 Å². The van der Waals surface area contributed by atoms with E-state index in [1.165, 1.54) is 5.57 Å². The van der Waals surface area contributed by atoms with Crippen molar-refractivity contribution in [1.82, 2.24) is 0 Å². The Morgan fingerprint density at radius 3 is 2.55 bits per heavy atom. The minimum absolute atomic E-state index is 0.658. The van der Waals surface area contributed by atoms with Crippen molar-refractivity contribution in [2.45, 2.75) is 27.2 Å². The van der Waals surface area contributed by atoms with Crippen LogP contribution in [-0.2, 0) is 9.47 Å². The van der Waals surface area contributed by atoms with Gasteiger partial charge in [-0.1, -0.05) is 6.92 Å². The summed E-state index contributed by atoms with van der Waals surface area (Å²) in [5, 5.41) is 0. The summed E-state index contributed by atoms with van der Waals surface area (Å²) in [5.41, 5.74) is 1.27. The van der Waals surface area contributed by atoms with Crippen molar-refractivity contribution in [2.75, 3.05) is 19.8 Å². The second-order valence-electron chi connectivity index (χ2n) is 2.39. The van der Waals surface area contributed by atoms with Gasteiger partial charge in [-0.05, 0) is 25.8 Å². The Morgan fingerprint density at radius 2 is 2.00 bits per heavy atom. The first kappa shape index (κ1) is 10.5. The third-order valence-corrected chi connectivity index (χ3v) is 1.39. The van der Waals surface area contributed by atoms with Crippen LogP contribution in [-0.4, -0.2) is 19.8 Å².